The molecular weight excluding hydrogens is 321 g/mol. The average molecular weight is 342 g/mol. The standard InChI is InChI=1S/C17H21F3N2O2/c1-10(2)15(17(24)22-8-4-3-5-9-22)21-16(23)11-6-7-12(18)14(20)13(11)19/h6-7,10,15H,3-5,8-9H2,1-2H3,(H,21,23)/t15-/m1/s1. The second-order valence-electron chi connectivity index (χ2n) is 6.30. The molecule has 4 nitrogen and oxygen atoms in total. The van der Waals surface area contributed by atoms with Crippen molar-refractivity contribution in [2.45, 2.75) is 39.2 Å². The van der Waals surface area contributed by atoms with E-state index in [0.717, 1.165) is 25.3 Å². The van der Waals surface area contributed by atoms with E-state index in [-0.39, 0.29) is 11.8 Å². The van der Waals surface area contributed by atoms with Crippen molar-refractivity contribution in [1.29, 1.82) is 0 Å². The predicted octanol–water partition coefficient (Wildman–Crippen LogP) is 2.87. The molecule has 1 aromatic carbocycles. The molecule has 1 atom stereocenters. The Labute approximate surface area is 139 Å². The maximum Gasteiger partial charge on any atom is 0.255 e. The van der Waals surface area contributed by atoms with Crippen LogP contribution in [0.4, 0.5) is 13.2 Å². The van der Waals surface area contributed by atoms with Gasteiger partial charge in [0, 0.05) is 13.1 Å². The molecule has 1 N–H and O–H groups in total. The number of halogens is 3. The van der Waals surface area contributed by atoms with Crippen LogP contribution in [0.15, 0.2) is 12.1 Å². The van der Waals surface area contributed by atoms with Gasteiger partial charge in [0.15, 0.2) is 17.5 Å². The molecule has 1 aliphatic rings. The summed E-state index contributed by atoms with van der Waals surface area (Å²) in [4.78, 5) is 26.5. The summed E-state index contributed by atoms with van der Waals surface area (Å²) in [6.07, 6.45) is 2.87. The van der Waals surface area contributed by atoms with Crippen molar-refractivity contribution in [2.24, 2.45) is 5.92 Å². The van der Waals surface area contributed by atoms with Gasteiger partial charge in [-0.05, 0) is 37.3 Å². The molecule has 0 radical (unpaired) electrons. The molecule has 1 aromatic rings. The number of likely N-dealkylation sites (tertiary alicyclic amines) is 1. The second kappa shape index (κ2) is 7.68. The van der Waals surface area contributed by atoms with Crippen LogP contribution in [0, 0.1) is 23.4 Å². The van der Waals surface area contributed by atoms with Gasteiger partial charge in [0.1, 0.15) is 6.04 Å². The van der Waals surface area contributed by atoms with E-state index in [2.05, 4.69) is 5.32 Å². The molecule has 1 heterocycles. The normalized spacial score (nSPS) is 16.2. The first kappa shape index (κ1) is 18.3. The molecule has 24 heavy (non-hydrogen) atoms. The third-order valence-electron chi connectivity index (χ3n) is 4.17. The molecule has 1 aliphatic heterocycles. The SMILES string of the molecule is CC(C)[C@@H](NC(=O)c1ccc(F)c(F)c1F)C(=O)N1CCCCC1. The molecule has 0 saturated carbocycles. The highest BCUT2D eigenvalue weighted by molar-refractivity contribution is 5.97. The number of rotatable bonds is 4. The molecule has 0 unspecified atom stereocenters. The number of nitrogens with one attached hydrogen (secondary N) is 1. The van der Waals surface area contributed by atoms with E-state index in [1.807, 2.05) is 0 Å². The Morgan fingerprint density at radius 3 is 2.25 bits per heavy atom. The van der Waals surface area contributed by atoms with Crippen molar-refractivity contribution in [3.63, 3.8) is 0 Å². The molecule has 7 heteroatoms. The summed E-state index contributed by atoms with van der Waals surface area (Å²) in [5.74, 6) is -6.02. The third kappa shape index (κ3) is 3.88. The number of hydrogen-bond acceptors (Lipinski definition) is 2. The maximum absolute atomic E-state index is 13.7. The summed E-state index contributed by atoms with van der Waals surface area (Å²) in [7, 11) is 0. The van der Waals surface area contributed by atoms with Crippen LogP contribution in [0.3, 0.4) is 0 Å². The van der Waals surface area contributed by atoms with Gasteiger partial charge in [-0.3, -0.25) is 9.59 Å². The quantitative estimate of drug-likeness (QED) is 0.856. The molecule has 2 amide bonds. The summed E-state index contributed by atoms with van der Waals surface area (Å²) in [6.45, 7) is 4.76. The molecule has 0 aromatic heterocycles. The maximum atomic E-state index is 13.7. The molecule has 1 saturated heterocycles. The third-order valence-corrected chi connectivity index (χ3v) is 4.17. The van der Waals surface area contributed by atoms with Gasteiger partial charge in [-0.1, -0.05) is 13.8 Å². The number of amides is 2. The van der Waals surface area contributed by atoms with E-state index in [1.165, 1.54) is 0 Å². The van der Waals surface area contributed by atoms with E-state index in [1.54, 1.807) is 18.7 Å². The fourth-order valence-corrected chi connectivity index (χ4v) is 2.74. The minimum absolute atomic E-state index is 0.225. The molecule has 1 fully saturated rings. The Balaban J connectivity index is 2.17. The minimum Gasteiger partial charge on any atom is -0.341 e. The minimum atomic E-state index is -1.70. The van der Waals surface area contributed by atoms with Crippen molar-refractivity contribution in [3.05, 3.63) is 35.1 Å². The number of piperidine rings is 1. The molecule has 2 rings (SSSR count). The van der Waals surface area contributed by atoms with Crippen LogP contribution in [0.25, 0.3) is 0 Å². The van der Waals surface area contributed by atoms with Gasteiger partial charge in [-0.2, -0.15) is 0 Å². The van der Waals surface area contributed by atoms with E-state index < -0.39 is 35.0 Å². The highest BCUT2D eigenvalue weighted by Gasteiger charge is 2.30. The van der Waals surface area contributed by atoms with Crippen LogP contribution in [-0.2, 0) is 4.79 Å². The van der Waals surface area contributed by atoms with Crippen molar-refractivity contribution in [1.82, 2.24) is 10.2 Å². The summed E-state index contributed by atoms with van der Waals surface area (Å²) < 4.78 is 40.0. The number of carbonyl (C=O) groups is 2. The summed E-state index contributed by atoms with van der Waals surface area (Å²) in [5.41, 5.74) is -0.619. The number of nitrogens with zero attached hydrogens (tertiary/aromatic N) is 1. The number of hydrogen-bond donors (Lipinski definition) is 1. The van der Waals surface area contributed by atoms with Crippen LogP contribution in [-0.4, -0.2) is 35.8 Å². The topological polar surface area (TPSA) is 49.4 Å². The lowest BCUT2D eigenvalue weighted by atomic mass is 10.0. The van der Waals surface area contributed by atoms with Gasteiger partial charge in [0.2, 0.25) is 5.91 Å². The molecule has 0 aliphatic carbocycles. The highest BCUT2D eigenvalue weighted by atomic mass is 19.2. The van der Waals surface area contributed by atoms with Crippen LogP contribution in [0.5, 0.6) is 0 Å². The van der Waals surface area contributed by atoms with Gasteiger partial charge >= 0.3 is 0 Å². The zero-order valence-electron chi connectivity index (χ0n) is 13.7. The fraction of sp³-hybridized carbons (Fsp3) is 0.529. The van der Waals surface area contributed by atoms with E-state index >= 15 is 0 Å². The fourth-order valence-electron chi connectivity index (χ4n) is 2.74. The van der Waals surface area contributed by atoms with Crippen LogP contribution < -0.4 is 5.32 Å². The number of carbonyl (C=O) groups excluding carboxylic acids is 2. The van der Waals surface area contributed by atoms with E-state index in [4.69, 9.17) is 0 Å². The zero-order valence-corrected chi connectivity index (χ0v) is 13.7. The first-order chi connectivity index (χ1) is 11.3. The second-order valence-corrected chi connectivity index (χ2v) is 6.30. The highest BCUT2D eigenvalue weighted by Crippen LogP contribution is 2.17. The van der Waals surface area contributed by atoms with Crippen molar-refractivity contribution < 1.29 is 22.8 Å². The Morgan fingerprint density at radius 1 is 1.04 bits per heavy atom. The van der Waals surface area contributed by atoms with E-state index in [9.17, 15) is 22.8 Å². The summed E-state index contributed by atoms with van der Waals surface area (Å²) in [6, 6.07) is 0.707. The lowest BCUT2D eigenvalue weighted by Crippen LogP contribution is -2.52. The first-order valence-electron chi connectivity index (χ1n) is 8.06. The number of benzene rings is 1. The van der Waals surface area contributed by atoms with Gasteiger partial charge in [0.05, 0.1) is 5.56 Å². The smallest absolute Gasteiger partial charge is 0.255 e. The molecular formula is C17H21F3N2O2. The lowest BCUT2D eigenvalue weighted by molar-refractivity contribution is -0.135. The molecule has 0 spiro atoms. The van der Waals surface area contributed by atoms with Crippen LogP contribution >= 0.6 is 0 Å². The Bertz CT molecular complexity index is 629. The van der Waals surface area contributed by atoms with Crippen molar-refractivity contribution in [3.8, 4) is 0 Å². The Hall–Kier alpha value is -2.05. The van der Waals surface area contributed by atoms with Gasteiger partial charge in [-0.25, -0.2) is 13.2 Å². The molecule has 132 valence electrons. The van der Waals surface area contributed by atoms with Crippen LogP contribution in [0.2, 0.25) is 0 Å². The van der Waals surface area contributed by atoms with Crippen molar-refractivity contribution in [2.75, 3.05) is 13.1 Å². The first-order valence-corrected chi connectivity index (χ1v) is 8.06. The van der Waals surface area contributed by atoms with Gasteiger partial charge in [0.25, 0.3) is 5.91 Å². The van der Waals surface area contributed by atoms with Crippen LogP contribution in [0.1, 0.15) is 43.5 Å². The van der Waals surface area contributed by atoms with Crippen molar-refractivity contribution >= 4 is 11.8 Å². The average Bonchev–Trinajstić information content (AvgIpc) is 2.57. The monoisotopic (exact) mass is 342 g/mol. The predicted molar refractivity (Wildman–Crippen MR) is 82.8 cm³/mol. The largest absolute Gasteiger partial charge is 0.341 e. The Morgan fingerprint density at radius 2 is 1.67 bits per heavy atom. The van der Waals surface area contributed by atoms with Gasteiger partial charge in [-0.15, -0.1) is 0 Å². The van der Waals surface area contributed by atoms with E-state index in [0.29, 0.717) is 19.2 Å². The summed E-state index contributed by atoms with van der Waals surface area (Å²) >= 11 is 0. The Kier molecular flexibility index (Phi) is 5.85. The zero-order chi connectivity index (χ0) is 17.9. The lowest BCUT2D eigenvalue weighted by Gasteiger charge is -2.32. The molecule has 0 bridgehead atoms. The summed E-state index contributed by atoms with van der Waals surface area (Å²) in [5, 5.41) is 2.46. The van der Waals surface area contributed by atoms with Gasteiger partial charge < -0.3 is 10.2 Å².